The van der Waals surface area contributed by atoms with Gasteiger partial charge in [-0.05, 0) is 37.8 Å². The molecule has 1 saturated carbocycles. The fourth-order valence-electron chi connectivity index (χ4n) is 3.11. The summed E-state index contributed by atoms with van der Waals surface area (Å²) in [4.78, 5) is 0. The van der Waals surface area contributed by atoms with Gasteiger partial charge in [-0.1, -0.05) is 25.0 Å². The molecule has 0 bridgehead atoms. The average Bonchev–Trinajstić information content (AvgIpc) is 2.55. The molecule has 3 aliphatic rings. The van der Waals surface area contributed by atoms with Crippen LogP contribution in [0.5, 0.6) is 0 Å². The molecule has 1 nitrogen and oxygen atoms in total. The summed E-state index contributed by atoms with van der Waals surface area (Å²) in [6.45, 7) is 2.21. The van der Waals surface area contributed by atoms with Crippen LogP contribution in [0.4, 0.5) is 0 Å². The van der Waals surface area contributed by atoms with Crippen molar-refractivity contribution in [3.8, 4) is 0 Å². The third-order valence-electron chi connectivity index (χ3n) is 3.95. The largest absolute Gasteiger partial charge is 0.354 e. The van der Waals surface area contributed by atoms with Crippen LogP contribution in [0.25, 0.3) is 0 Å². The molecule has 1 aliphatic heterocycles. The molecule has 2 atom stereocenters. The Bertz CT molecular complexity index is 285. The summed E-state index contributed by atoms with van der Waals surface area (Å²) >= 11 is 0. The number of allylic oxidation sites excluding steroid dienone is 2. The molecule has 0 aromatic heterocycles. The Hall–Kier alpha value is -0.560. The molecule has 0 N–H and O–H groups in total. The van der Waals surface area contributed by atoms with Crippen LogP contribution in [-0.4, -0.2) is 11.2 Å². The van der Waals surface area contributed by atoms with Gasteiger partial charge in [-0.25, -0.2) is 0 Å². The molecule has 3 rings (SSSR count). The third kappa shape index (κ3) is 0.859. The van der Waals surface area contributed by atoms with Crippen LogP contribution in [0.15, 0.2) is 24.3 Å². The van der Waals surface area contributed by atoms with E-state index in [2.05, 4.69) is 31.2 Å². The number of hydrogen-bond donors (Lipinski definition) is 0. The average molecular weight is 176 g/mol. The Kier molecular flexibility index (Phi) is 1.36. The lowest BCUT2D eigenvalue weighted by Crippen LogP contribution is -2.28. The molecule has 13 heavy (non-hydrogen) atoms. The van der Waals surface area contributed by atoms with Gasteiger partial charge in [0.1, 0.15) is 11.2 Å². The van der Waals surface area contributed by atoms with Crippen LogP contribution in [-0.2, 0) is 4.74 Å². The summed E-state index contributed by atoms with van der Waals surface area (Å²) < 4.78 is 5.96. The fourth-order valence-corrected chi connectivity index (χ4v) is 3.11. The Morgan fingerprint density at radius 1 is 1.15 bits per heavy atom. The minimum atomic E-state index is 0.0384. The van der Waals surface area contributed by atoms with Gasteiger partial charge in [-0.2, -0.15) is 0 Å². The van der Waals surface area contributed by atoms with Crippen LogP contribution >= 0.6 is 0 Å². The van der Waals surface area contributed by atoms with Gasteiger partial charge in [-0.3, -0.25) is 0 Å². The second-order valence-corrected chi connectivity index (χ2v) is 4.70. The first-order valence-electron chi connectivity index (χ1n) is 5.34. The molecule has 2 aliphatic carbocycles. The van der Waals surface area contributed by atoms with E-state index in [9.17, 15) is 0 Å². The van der Waals surface area contributed by atoms with Crippen molar-refractivity contribution < 1.29 is 4.74 Å². The highest BCUT2D eigenvalue weighted by Gasteiger charge is 2.68. The van der Waals surface area contributed by atoms with Gasteiger partial charge < -0.3 is 4.74 Å². The summed E-state index contributed by atoms with van der Waals surface area (Å²) in [5.41, 5.74) is 0.134. The lowest BCUT2D eigenvalue weighted by atomic mass is 9.79. The minimum Gasteiger partial charge on any atom is -0.354 e. The molecule has 2 fully saturated rings. The number of fused-ring (bicyclic) bond motifs is 1. The zero-order chi connectivity index (χ0) is 8.94. The highest BCUT2D eigenvalue weighted by atomic mass is 16.6. The van der Waals surface area contributed by atoms with Crippen LogP contribution in [0, 0.1) is 5.92 Å². The number of rotatable bonds is 1. The highest BCUT2D eigenvalue weighted by Crippen LogP contribution is 2.59. The highest BCUT2D eigenvalue weighted by molar-refractivity contribution is 5.39. The molecule has 70 valence electrons. The van der Waals surface area contributed by atoms with Gasteiger partial charge in [-0.15, -0.1) is 0 Å². The smallest absolute Gasteiger partial charge is 0.123 e. The first-order chi connectivity index (χ1) is 6.27. The fraction of sp³-hybridized carbons (Fsp3) is 0.667. The monoisotopic (exact) mass is 176 g/mol. The summed E-state index contributed by atoms with van der Waals surface area (Å²) in [5.74, 6) is 0.777. The summed E-state index contributed by atoms with van der Waals surface area (Å²) in [6, 6.07) is 0. The van der Waals surface area contributed by atoms with E-state index in [4.69, 9.17) is 4.74 Å². The van der Waals surface area contributed by atoms with E-state index in [0.717, 1.165) is 5.92 Å². The molecule has 0 aromatic carbocycles. The van der Waals surface area contributed by atoms with E-state index in [0.29, 0.717) is 0 Å². The molecule has 1 heteroatoms. The standard InChI is InChI=1S/C12H16O/c1-11-8-4-5-9-12(11,13-11)10-6-2-3-7-10/h4-5,8-10H,2-3,6-7H2,1H3. The van der Waals surface area contributed by atoms with Gasteiger partial charge in [0.05, 0.1) is 0 Å². The van der Waals surface area contributed by atoms with Crippen LogP contribution in [0.2, 0.25) is 0 Å². The molecule has 0 amide bonds. The molecule has 0 radical (unpaired) electrons. The second kappa shape index (κ2) is 2.27. The Balaban J connectivity index is 1.91. The van der Waals surface area contributed by atoms with Crippen molar-refractivity contribution in [2.45, 2.75) is 43.8 Å². The van der Waals surface area contributed by atoms with Gasteiger partial charge in [0.2, 0.25) is 0 Å². The lowest BCUT2D eigenvalue weighted by molar-refractivity contribution is 0.255. The van der Waals surface area contributed by atoms with Crippen molar-refractivity contribution in [3.05, 3.63) is 24.3 Å². The topological polar surface area (TPSA) is 12.5 Å². The normalized spacial score (nSPS) is 48.1. The van der Waals surface area contributed by atoms with E-state index >= 15 is 0 Å². The zero-order valence-electron chi connectivity index (χ0n) is 8.12. The SMILES string of the molecule is CC12C=CC=CC1(C1CCCC1)O2. The van der Waals surface area contributed by atoms with Crippen molar-refractivity contribution >= 4 is 0 Å². The first-order valence-corrected chi connectivity index (χ1v) is 5.34. The maximum atomic E-state index is 5.96. The summed E-state index contributed by atoms with van der Waals surface area (Å²) in [6.07, 6.45) is 14.2. The lowest BCUT2D eigenvalue weighted by Gasteiger charge is -2.20. The molecule has 1 heterocycles. The Morgan fingerprint density at radius 3 is 2.54 bits per heavy atom. The maximum absolute atomic E-state index is 5.96. The number of hydrogen-bond acceptors (Lipinski definition) is 1. The predicted octanol–water partition coefficient (Wildman–Crippen LogP) is 2.83. The minimum absolute atomic E-state index is 0.0384. The molecular formula is C12H16O. The van der Waals surface area contributed by atoms with Crippen LogP contribution in [0.1, 0.15) is 32.6 Å². The van der Waals surface area contributed by atoms with Gasteiger partial charge in [0, 0.05) is 0 Å². The van der Waals surface area contributed by atoms with E-state index in [1.807, 2.05) is 0 Å². The predicted molar refractivity (Wildman–Crippen MR) is 52.5 cm³/mol. The van der Waals surface area contributed by atoms with Crippen molar-refractivity contribution in [1.29, 1.82) is 0 Å². The number of ether oxygens (including phenoxy) is 1. The maximum Gasteiger partial charge on any atom is 0.123 e. The first kappa shape index (κ1) is 7.81. The van der Waals surface area contributed by atoms with Crippen molar-refractivity contribution in [2.24, 2.45) is 5.92 Å². The van der Waals surface area contributed by atoms with Crippen molar-refractivity contribution in [2.75, 3.05) is 0 Å². The van der Waals surface area contributed by atoms with E-state index in [1.165, 1.54) is 25.7 Å². The molecular weight excluding hydrogens is 160 g/mol. The zero-order valence-corrected chi connectivity index (χ0v) is 8.12. The Labute approximate surface area is 79.5 Å². The second-order valence-electron chi connectivity index (χ2n) is 4.70. The van der Waals surface area contributed by atoms with Crippen LogP contribution < -0.4 is 0 Å². The molecule has 1 saturated heterocycles. The van der Waals surface area contributed by atoms with Gasteiger partial charge in [0.15, 0.2) is 0 Å². The molecule has 2 unspecified atom stereocenters. The van der Waals surface area contributed by atoms with E-state index < -0.39 is 0 Å². The van der Waals surface area contributed by atoms with Crippen LogP contribution in [0.3, 0.4) is 0 Å². The summed E-state index contributed by atoms with van der Waals surface area (Å²) in [7, 11) is 0. The third-order valence-corrected chi connectivity index (χ3v) is 3.95. The van der Waals surface area contributed by atoms with Crippen molar-refractivity contribution in [1.82, 2.24) is 0 Å². The van der Waals surface area contributed by atoms with Gasteiger partial charge in [0.25, 0.3) is 0 Å². The van der Waals surface area contributed by atoms with Gasteiger partial charge >= 0.3 is 0 Å². The summed E-state index contributed by atoms with van der Waals surface area (Å²) in [5, 5.41) is 0. The molecule has 0 aromatic rings. The Morgan fingerprint density at radius 2 is 1.85 bits per heavy atom. The number of epoxide rings is 1. The molecule has 0 spiro atoms. The van der Waals surface area contributed by atoms with E-state index in [1.54, 1.807) is 0 Å². The quantitative estimate of drug-likeness (QED) is 0.560. The van der Waals surface area contributed by atoms with Crippen molar-refractivity contribution in [3.63, 3.8) is 0 Å². The van der Waals surface area contributed by atoms with E-state index in [-0.39, 0.29) is 11.2 Å².